The van der Waals surface area contributed by atoms with Gasteiger partial charge in [0.15, 0.2) is 25.2 Å². The third-order valence-electron chi connectivity index (χ3n) is 24.4. The molecule has 34 unspecified atom stereocenters. The van der Waals surface area contributed by atoms with Crippen molar-refractivity contribution in [1.29, 1.82) is 0 Å². The summed E-state index contributed by atoms with van der Waals surface area (Å²) in [7, 11) is 0. The fourth-order valence-corrected chi connectivity index (χ4v) is 17.2. The quantitative estimate of drug-likeness (QED) is 0.0216. The first-order chi connectivity index (χ1) is 60.6. The maximum Gasteiger partial charge on any atom is 0.364 e. The molecule has 42 heteroatoms. The van der Waals surface area contributed by atoms with Gasteiger partial charge in [0.05, 0.1) is 88.8 Å². The Morgan fingerprint density at radius 3 is 1.38 bits per heavy atom. The molecule has 0 radical (unpaired) electrons. The van der Waals surface area contributed by atoms with Crippen molar-refractivity contribution in [1.82, 2.24) is 16.0 Å². The third-order valence-corrected chi connectivity index (χ3v) is 24.4. The molecule has 0 aromatic heterocycles. The number of amides is 3. The van der Waals surface area contributed by atoms with Crippen LogP contribution in [0.5, 0.6) is 0 Å². The molecule has 127 heavy (non-hydrogen) atoms. The lowest BCUT2D eigenvalue weighted by atomic mass is 9.86. The molecule has 6 rings (SSSR count). The van der Waals surface area contributed by atoms with Crippen LogP contribution in [-0.4, -0.2) is 390 Å². The van der Waals surface area contributed by atoms with Gasteiger partial charge >= 0.3 is 11.9 Å². The predicted octanol–water partition coefficient (Wildman–Crippen LogP) is -2.78. The number of ether oxygens (including phenoxy) is 12. The van der Waals surface area contributed by atoms with Crippen molar-refractivity contribution in [3.05, 3.63) is 12.2 Å². The highest BCUT2D eigenvalue weighted by Gasteiger charge is 2.64. The molecule has 0 aromatic rings. The van der Waals surface area contributed by atoms with Gasteiger partial charge in [0.2, 0.25) is 17.7 Å². The van der Waals surface area contributed by atoms with E-state index in [1.807, 2.05) is 0 Å². The lowest BCUT2D eigenvalue weighted by molar-refractivity contribution is -0.407. The summed E-state index contributed by atoms with van der Waals surface area (Å²) < 4.78 is 72.6. The Labute approximate surface area is 740 Å². The summed E-state index contributed by atoms with van der Waals surface area (Å²) in [5.41, 5.74) is 0. The first-order valence-electron chi connectivity index (χ1n) is 45.4. The number of carbonyl (C=O) groups is 6. The minimum atomic E-state index is -3.67. The Kier molecular flexibility index (Phi) is 49.6. The van der Waals surface area contributed by atoms with E-state index in [0.29, 0.717) is 12.8 Å². The number of hydrogen-bond donors (Lipinski definition) is 24. The second-order valence-corrected chi connectivity index (χ2v) is 34.6. The van der Waals surface area contributed by atoms with E-state index in [1.165, 1.54) is 77.0 Å². The Balaban J connectivity index is 1.33. The fraction of sp³-hybridized carbons (Fsp3) is 0.906. The Hall–Kier alpha value is -4.48. The molecular formula is C85H149N3O39. The van der Waals surface area contributed by atoms with Crippen LogP contribution in [0.1, 0.15) is 234 Å². The number of aliphatic hydroxyl groups excluding tert-OH is 19. The molecule has 34 atom stereocenters. The van der Waals surface area contributed by atoms with Gasteiger partial charge in [0, 0.05) is 45.4 Å². The summed E-state index contributed by atoms with van der Waals surface area (Å²) in [6.07, 6.45) is -32.6. The minimum Gasteiger partial charge on any atom is -0.477 e. The van der Waals surface area contributed by atoms with E-state index < -0.39 is 308 Å². The normalized spacial score (nSPS) is 35.1. The van der Waals surface area contributed by atoms with Gasteiger partial charge in [-0.05, 0) is 45.4 Å². The first-order valence-corrected chi connectivity index (χ1v) is 45.4. The van der Waals surface area contributed by atoms with Crippen LogP contribution in [0.2, 0.25) is 0 Å². The van der Waals surface area contributed by atoms with Gasteiger partial charge in [-0.25, -0.2) is 9.59 Å². The molecular weight excluding hydrogens is 1690 g/mol. The van der Waals surface area contributed by atoms with Crippen LogP contribution in [0.4, 0.5) is 0 Å². The number of hydrogen-bond acceptors (Lipinski definition) is 37. The lowest BCUT2D eigenvalue weighted by Crippen LogP contribution is -2.72. The maximum absolute atomic E-state index is 14.4. The number of carboxylic acid groups (broad SMARTS) is 2. The van der Waals surface area contributed by atoms with Crippen molar-refractivity contribution < 1.29 is 193 Å². The molecule has 6 aliphatic heterocycles. The summed E-state index contributed by atoms with van der Waals surface area (Å²) in [5.74, 6) is -16.5. The van der Waals surface area contributed by atoms with Crippen LogP contribution in [0.15, 0.2) is 12.2 Å². The van der Waals surface area contributed by atoms with Crippen molar-refractivity contribution in [3.8, 4) is 0 Å². The molecule has 0 saturated carbocycles. The van der Waals surface area contributed by atoms with Crippen molar-refractivity contribution >= 4 is 35.4 Å². The highest BCUT2D eigenvalue weighted by atomic mass is 16.8. The second kappa shape index (κ2) is 56.6. The summed E-state index contributed by atoms with van der Waals surface area (Å²) in [5, 5.41) is 245. The number of carbonyl (C=O) groups excluding carboxylic acids is 4. The van der Waals surface area contributed by atoms with Crippen molar-refractivity contribution in [2.75, 3.05) is 46.2 Å². The molecule has 0 spiro atoms. The number of Topliss-reactive ketones (excluding diaryl/α,β-unsaturated/α-hetero) is 1. The number of carboxylic acids is 2. The molecule has 24 N–H and O–H groups in total. The zero-order valence-electron chi connectivity index (χ0n) is 73.7. The van der Waals surface area contributed by atoms with E-state index in [-0.39, 0.29) is 12.8 Å². The molecule has 6 aliphatic rings. The van der Waals surface area contributed by atoms with Gasteiger partial charge in [0.1, 0.15) is 128 Å². The minimum absolute atomic E-state index is 0.0985. The average Bonchev–Trinajstić information content (AvgIpc) is 0.733. The van der Waals surface area contributed by atoms with E-state index in [9.17, 15) is 136 Å². The molecule has 0 bridgehead atoms. The van der Waals surface area contributed by atoms with Crippen LogP contribution >= 0.6 is 0 Å². The lowest BCUT2D eigenvalue weighted by Gasteiger charge is -2.53. The van der Waals surface area contributed by atoms with Gasteiger partial charge in [-0.3, -0.25) is 14.4 Å². The van der Waals surface area contributed by atoms with Gasteiger partial charge in [-0.1, -0.05) is 161 Å². The van der Waals surface area contributed by atoms with E-state index in [2.05, 4.69) is 41.9 Å². The molecule has 42 nitrogen and oxygen atoms in total. The highest BCUT2D eigenvalue weighted by molar-refractivity contribution is 5.78. The zero-order chi connectivity index (χ0) is 93.8. The molecule has 3 amide bonds. The predicted molar refractivity (Wildman–Crippen MR) is 441 cm³/mol. The number of nitrogens with one attached hydrogen (secondary N) is 3. The molecule has 6 heterocycles. The number of unbranched alkanes of at least 4 members (excludes halogenated alkanes) is 23. The monoisotopic (exact) mass is 1840 g/mol. The van der Waals surface area contributed by atoms with E-state index in [1.54, 1.807) is 0 Å². The summed E-state index contributed by atoms with van der Waals surface area (Å²) in [4.78, 5) is 80.5. The Morgan fingerprint density at radius 2 is 0.874 bits per heavy atom. The van der Waals surface area contributed by atoms with Crippen molar-refractivity contribution in [3.63, 3.8) is 0 Å². The molecule has 6 fully saturated rings. The maximum atomic E-state index is 14.4. The van der Waals surface area contributed by atoms with Crippen LogP contribution < -0.4 is 16.0 Å². The topological polar surface area (TPSA) is 674 Å². The van der Waals surface area contributed by atoms with Gasteiger partial charge in [-0.2, -0.15) is 0 Å². The number of aliphatic hydroxyl groups is 19. The van der Waals surface area contributed by atoms with Crippen molar-refractivity contribution in [2.24, 2.45) is 5.92 Å². The van der Waals surface area contributed by atoms with E-state index in [0.717, 1.165) is 97.8 Å². The summed E-state index contributed by atoms with van der Waals surface area (Å²) in [6.45, 7) is -0.737. The molecule has 0 aromatic carbocycles. The Morgan fingerprint density at radius 1 is 0.441 bits per heavy atom. The summed E-state index contributed by atoms with van der Waals surface area (Å²) in [6, 6.07) is -5.02. The van der Waals surface area contributed by atoms with Crippen LogP contribution in [0.3, 0.4) is 0 Å². The summed E-state index contributed by atoms with van der Waals surface area (Å²) >= 11 is 0. The van der Waals surface area contributed by atoms with Gasteiger partial charge < -0.3 is 185 Å². The fourth-order valence-electron chi connectivity index (χ4n) is 17.2. The largest absolute Gasteiger partial charge is 0.477 e. The van der Waals surface area contributed by atoms with E-state index >= 15 is 0 Å². The standard InChI is InChI=1S/C85H149N3O39/c1-6-8-10-12-14-16-18-20-21-23-25-27-29-31-33-35-60(102)88-50(51(98)34-32-30-28-26-24-22-19-17-15-13-11-9-7-2)45-116-79-70(110)68(108)73(58(43-93)119-79)122-81-71(111)77(74(59(44-94)120-81)123-78-49(36-46(3)95)72(65(105)56(41-91)117-78)121-80-69(109)67(107)64(104)55(40-90)118-80)127-85(83(114)115)38-53(100)62(87-48(5)97)76(126-85)66(106)57(42-92)124-84(82(112)113)37-52(99)61(86-47(4)96)75(125-84)63(103)54(101)39-89/h20-21,49-59,61-81,89-94,98-101,103-111H,6-19,22-45H2,1-5H3,(H,86,96)(H,87,97)(H,88,102)(H,112,113)(H,114,115). The number of aliphatic carboxylic acids is 2. The number of allylic oxidation sites excluding steroid dienone is 2. The molecule has 0 aliphatic carbocycles. The van der Waals surface area contributed by atoms with Crippen molar-refractivity contribution in [2.45, 2.75) is 435 Å². The molecule has 738 valence electrons. The smallest absolute Gasteiger partial charge is 0.364 e. The van der Waals surface area contributed by atoms with Crippen LogP contribution in [0, 0.1) is 5.92 Å². The van der Waals surface area contributed by atoms with Gasteiger partial charge in [-0.15, -0.1) is 0 Å². The number of rotatable bonds is 60. The van der Waals surface area contributed by atoms with Crippen LogP contribution in [-0.2, 0) is 85.6 Å². The first kappa shape index (κ1) is 111. The second-order valence-electron chi connectivity index (χ2n) is 34.6. The molecule has 6 saturated heterocycles. The third kappa shape index (κ3) is 32.7. The number of ketones is 1. The average molecular weight is 1840 g/mol. The highest BCUT2D eigenvalue weighted by Crippen LogP contribution is 2.44. The Bertz CT molecular complexity index is 3190. The van der Waals surface area contributed by atoms with Gasteiger partial charge in [0.25, 0.3) is 11.6 Å². The van der Waals surface area contributed by atoms with Crippen LogP contribution in [0.25, 0.3) is 0 Å². The zero-order valence-corrected chi connectivity index (χ0v) is 73.7. The van der Waals surface area contributed by atoms with E-state index in [4.69, 9.17) is 56.8 Å². The SMILES string of the molecule is CCCCCCCCC=CCCCCCCCC(=O)NC(COC1OC(CO)C(OC2OC(CO)C(OC3OC(CO)C(O)C(OC4OC(CO)C(O)C(O)C4O)C3CC(C)=O)C(OC3(C(=O)O)CC(O)C(NC(C)=O)C(C(O)C(CO)OC4(C(=O)O)CC(O)C(NC(C)=O)C(C(O)C(O)CO)O4)O3)C2O)C(O)C1O)C(O)CCCCCCCCCCCCCCC.